The number of benzene rings is 1. The van der Waals surface area contributed by atoms with Crippen molar-refractivity contribution in [3.05, 3.63) is 35.9 Å². The molecule has 0 spiro atoms. The van der Waals surface area contributed by atoms with Crippen molar-refractivity contribution in [2.24, 2.45) is 0 Å². The van der Waals surface area contributed by atoms with Crippen LogP contribution in [0.3, 0.4) is 0 Å². The minimum atomic E-state index is 0.0262. The highest BCUT2D eigenvalue weighted by atomic mass is 16.3. The van der Waals surface area contributed by atoms with Gasteiger partial charge in [0.15, 0.2) is 0 Å². The molecule has 20 heavy (non-hydrogen) atoms. The zero-order valence-electron chi connectivity index (χ0n) is 13.6. The van der Waals surface area contributed by atoms with Crippen LogP contribution in [0.5, 0.6) is 0 Å². The molecule has 3 heteroatoms. The van der Waals surface area contributed by atoms with Crippen LogP contribution >= 0.6 is 0 Å². The smallest absolute Gasteiger partial charge is 0.0558 e. The van der Waals surface area contributed by atoms with E-state index < -0.39 is 0 Å². The molecule has 0 bridgehead atoms. The molecule has 1 atom stereocenters. The van der Waals surface area contributed by atoms with E-state index in [1.54, 1.807) is 0 Å². The molecule has 0 aliphatic heterocycles. The molecule has 1 unspecified atom stereocenters. The molecule has 0 aliphatic rings. The standard InChI is InChI=1S/C17H30N2O/c1-16(2,3)18-13-17(4,14-19(5)11-12-20)15-9-7-6-8-10-15/h6-10,18,20H,11-14H2,1-5H3. The predicted molar refractivity (Wildman–Crippen MR) is 86.1 cm³/mol. The zero-order chi connectivity index (χ0) is 15.2. The molecule has 0 aliphatic carbocycles. The third-order valence-corrected chi connectivity index (χ3v) is 3.58. The second-order valence-electron chi connectivity index (χ2n) is 6.99. The van der Waals surface area contributed by atoms with Gasteiger partial charge in [-0.05, 0) is 33.4 Å². The fourth-order valence-corrected chi connectivity index (χ4v) is 2.40. The quantitative estimate of drug-likeness (QED) is 0.803. The van der Waals surface area contributed by atoms with E-state index in [1.807, 2.05) is 0 Å². The van der Waals surface area contributed by atoms with Crippen molar-refractivity contribution < 1.29 is 5.11 Å². The summed E-state index contributed by atoms with van der Waals surface area (Å²) in [6, 6.07) is 10.6. The molecule has 0 radical (unpaired) electrons. The van der Waals surface area contributed by atoms with Crippen LogP contribution in [0.25, 0.3) is 0 Å². The van der Waals surface area contributed by atoms with Gasteiger partial charge < -0.3 is 15.3 Å². The molecule has 1 rings (SSSR count). The number of hydrogen-bond donors (Lipinski definition) is 2. The number of nitrogens with one attached hydrogen (secondary N) is 1. The summed E-state index contributed by atoms with van der Waals surface area (Å²) in [4.78, 5) is 2.19. The van der Waals surface area contributed by atoms with Crippen LogP contribution in [0.4, 0.5) is 0 Å². The normalized spacial score (nSPS) is 15.3. The largest absolute Gasteiger partial charge is 0.395 e. The molecule has 0 saturated heterocycles. The summed E-state index contributed by atoms with van der Waals surface area (Å²) < 4.78 is 0. The van der Waals surface area contributed by atoms with E-state index >= 15 is 0 Å². The van der Waals surface area contributed by atoms with Gasteiger partial charge in [0.05, 0.1) is 6.61 Å². The molecule has 114 valence electrons. The third-order valence-electron chi connectivity index (χ3n) is 3.58. The number of aliphatic hydroxyl groups excluding tert-OH is 1. The molecular formula is C17H30N2O. The monoisotopic (exact) mass is 278 g/mol. The molecule has 1 aromatic carbocycles. The molecule has 2 N–H and O–H groups in total. The lowest BCUT2D eigenvalue weighted by atomic mass is 9.81. The minimum absolute atomic E-state index is 0.0262. The molecule has 0 fully saturated rings. The van der Waals surface area contributed by atoms with Crippen molar-refractivity contribution in [1.82, 2.24) is 10.2 Å². The van der Waals surface area contributed by atoms with Gasteiger partial charge in [-0.15, -0.1) is 0 Å². The molecule has 0 amide bonds. The second kappa shape index (κ2) is 7.21. The number of rotatable bonds is 7. The van der Waals surface area contributed by atoms with E-state index in [1.165, 1.54) is 5.56 Å². The summed E-state index contributed by atoms with van der Waals surface area (Å²) in [6.45, 7) is 11.6. The summed E-state index contributed by atoms with van der Waals surface area (Å²) in [5.74, 6) is 0. The maximum Gasteiger partial charge on any atom is 0.0558 e. The first-order chi connectivity index (χ1) is 9.27. The number of nitrogens with zero attached hydrogens (tertiary/aromatic N) is 1. The van der Waals surface area contributed by atoms with E-state index in [4.69, 9.17) is 5.11 Å². The van der Waals surface area contributed by atoms with Gasteiger partial charge in [-0.1, -0.05) is 37.3 Å². The van der Waals surface area contributed by atoms with Crippen LogP contribution in [-0.4, -0.2) is 48.8 Å². The lowest BCUT2D eigenvalue weighted by Gasteiger charge is -2.37. The summed E-state index contributed by atoms with van der Waals surface area (Å²) >= 11 is 0. The highest BCUT2D eigenvalue weighted by Crippen LogP contribution is 2.24. The molecule has 3 nitrogen and oxygen atoms in total. The topological polar surface area (TPSA) is 35.5 Å². The lowest BCUT2D eigenvalue weighted by molar-refractivity contribution is 0.187. The second-order valence-corrected chi connectivity index (χ2v) is 6.99. The van der Waals surface area contributed by atoms with Crippen molar-refractivity contribution in [1.29, 1.82) is 0 Å². The zero-order valence-corrected chi connectivity index (χ0v) is 13.6. The Bertz CT molecular complexity index is 386. The van der Waals surface area contributed by atoms with Gasteiger partial charge in [0.1, 0.15) is 0 Å². The molecule has 0 saturated carbocycles. The first-order valence-electron chi connectivity index (χ1n) is 7.37. The van der Waals surface area contributed by atoms with Crippen LogP contribution in [0, 0.1) is 0 Å². The lowest BCUT2D eigenvalue weighted by Crippen LogP contribution is -2.49. The maximum absolute atomic E-state index is 9.11. The highest BCUT2D eigenvalue weighted by Gasteiger charge is 2.29. The van der Waals surface area contributed by atoms with Gasteiger partial charge in [0, 0.05) is 30.6 Å². The summed E-state index contributed by atoms with van der Waals surface area (Å²) in [5, 5.41) is 12.7. The number of hydrogen-bond acceptors (Lipinski definition) is 3. The minimum Gasteiger partial charge on any atom is -0.395 e. The Hall–Kier alpha value is -0.900. The Morgan fingerprint density at radius 3 is 2.20 bits per heavy atom. The van der Waals surface area contributed by atoms with E-state index in [-0.39, 0.29) is 17.6 Å². The number of likely N-dealkylation sites (N-methyl/N-ethyl adjacent to an activating group) is 1. The SMILES string of the molecule is CN(CCO)CC(C)(CNC(C)(C)C)c1ccccc1. The van der Waals surface area contributed by atoms with E-state index in [0.717, 1.165) is 13.1 Å². The van der Waals surface area contributed by atoms with Gasteiger partial charge >= 0.3 is 0 Å². The highest BCUT2D eigenvalue weighted by molar-refractivity contribution is 5.25. The fraction of sp³-hybridized carbons (Fsp3) is 0.647. The first kappa shape index (κ1) is 17.2. The van der Waals surface area contributed by atoms with Crippen molar-refractivity contribution in [2.75, 3.05) is 33.3 Å². The van der Waals surface area contributed by atoms with Crippen LogP contribution < -0.4 is 5.32 Å². The molecule has 0 heterocycles. The van der Waals surface area contributed by atoms with Crippen molar-refractivity contribution in [3.8, 4) is 0 Å². The Kier molecular flexibility index (Phi) is 6.18. The Morgan fingerprint density at radius 2 is 1.70 bits per heavy atom. The maximum atomic E-state index is 9.11. The van der Waals surface area contributed by atoms with Gasteiger partial charge in [0.25, 0.3) is 0 Å². The van der Waals surface area contributed by atoms with Crippen molar-refractivity contribution in [3.63, 3.8) is 0 Å². The molecule has 1 aromatic rings. The summed E-state index contributed by atoms with van der Waals surface area (Å²) in [6.07, 6.45) is 0. The van der Waals surface area contributed by atoms with Crippen LogP contribution in [0.1, 0.15) is 33.3 Å². The predicted octanol–water partition coefficient (Wildman–Crippen LogP) is 2.26. The van der Waals surface area contributed by atoms with Crippen LogP contribution in [0.2, 0.25) is 0 Å². The number of aliphatic hydroxyl groups is 1. The molecule has 0 aromatic heterocycles. The Morgan fingerprint density at radius 1 is 1.10 bits per heavy atom. The van der Waals surface area contributed by atoms with Crippen LogP contribution in [-0.2, 0) is 5.41 Å². The third kappa shape index (κ3) is 5.61. The Labute approximate surface area is 124 Å². The van der Waals surface area contributed by atoms with Crippen molar-refractivity contribution in [2.45, 2.75) is 38.6 Å². The fourth-order valence-electron chi connectivity index (χ4n) is 2.40. The van der Waals surface area contributed by atoms with Gasteiger partial charge in [-0.25, -0.2) is 0 Å². The van der Waals surface area contributed by atoms with Gasteiger partial charge in [-0.2, -0.15) is 0 Å². The van der Waals surface area contributed by atoms with Gasteiger partial charge in [0.2, 0.25) is 0 Å². The average Bonchev–Trinajstić information content (AvgIpc) is 2.37. The summed E-state index contributed by atoms with van der Waals surface area (Å²) in [5.41, 5.74) is 1.46. The van der Waals surface area contributed by atoms with Gasteiger partial charge in [-0.3, -0.25) is 0 Å². The Balaban J connectivity index is 2.88. The van der Waals surface area contributed by atoms with Crippen molar-refractivity contribution >= 4 is 0 Å². The van der Waals surface area contributed by atoms with E-state index in [0.29, 0.717) is 6.54 Å². The average molecular weight is 278 g/mol. The molecular weight excluding hydrogens is 248 g/mol. The van der Waals surface area contributed by atoms with Crippen LogP contribution in [0.15, 0.2) is 30.3 Å². The first-order valence-corrected chi connectivity index (χ1v) is 7.37. The van der Waals surface area contributed by atoms with E-state index in [9.17, 15) is 0 Å². The summed E-state index contributed by atoms with van der Waals surface area (Å²) in [7, 11) is 2.06. The van der Waals surface area contributed by atoms with E-state index in [2.05, 4.69) is 75.3 Å².